The molecule has 0 aliphatic carbocycles. The van der Waals surface area contributed by atoms with Crippen molar-refractivity contribution in [1.29, 1.82) is 0 Å². The molecule has 1 aromatic carbocycles. The van der Waals surface area contributed by atoms with Crippen LogP contribution in [0.5, 0.6) is 0 Å². The second-order valence-corrected chi connectivity index (χ2v) is 8.37. The highest BCUT2D eigenvalue weighted by Crippen LogP contribution is 2.30. The number of carbonyl (C=O) groups is 3. The van der Waals surface area contributed by atoms with E-state index in [1.807, 2.05) is 0 Å². The molecule has 2 amide bonds. The van der Waals surface area contributed by atoms with Crippen molar-refractivity contribution in [3.8, 4) is 0 Å². The molecule has 0 heterocycles. The van der Waals surface area contributed by atoms with Gasteiger partial charge in [0.2, 0.25) is 5.91 Å². The number of anilines is 3. The Morgan fingerprint density at radius 2 is 1.90 bits per heavy atom. The molecule has 0 fully saturated rings. The maximum absolute atomic E-state index is 12.4. The van der Waals surface area contributed by atoms with Crippen LogP contribution in [0.15, 0.2) is 18.2 Å². The van der Waals surface area contributed by atoms with Crippen LogP contribution in [0.2, 0.25) is 0 Å². The van der Waals surface area contributed by atoms with E-state index in [4.69, 9.17) is 4.74 Å². The van der Waals surface area contributed by atoms with E-state index in [9.17, 15) is 22.7 Å². The average Bonchev–Trinajstić information content (AvgIpc) is 2.68. The molecule has 11 nitrogen and oxygen atoms in total. The van der Waals surface area contributed by atoms with Crippen LogP contribution in [0.3, 0.4) is 0 Å². The van der Waals surface area contributed by atoms with Gasteiger partial charge in [-0.05, 0) is 45.4 Å². The third-order valence-corrected chi connectivity index (χ3v) is 4.56. The van der Waals surface area contributed by atoms with E-state index < -0.39 is 51.1 Å². The molecule has 1 rings (SSSR count). The molecule has 1 aromatic rings. The van der Waals surface area contributed by atoms with Gasteiger partial charge in [-0.3, -0.25) is 4.79 Å². The van der Waals surface area contributed by atoms with Gasteiger partial charge in [0.25, 0.3) is 21.5 Å². The number of ether oxygens (including phenoxy) is 2. The highest BCUT2D eigenvalue weighted by atomic mass is 127. The third kappa shape index (κ3) is 8.49. The van der Waals surface area contributed by atoms with Crippen LogP contribution >= 0.6 is 21.5 Å². The van der Waals surface area contributed by atoms with Crippen LogP contribution in [-0.2, 0) is 22.1 Å². The Balaban J connectivity index is 2.81. The Hall–Kier alpha value is -2.48. The highest BCUT2D eigenvalue weighted by molar-refractivity contribution is 14.1. The number of esters is 1. The van der Waals surface area contributed by atoms with E-state index in [-0.39, 0.29) is 18.5 Å². The molecular formula is C18H26IN4O7-. The van der Waals surface area contributed by atoms with Crippen molar-refractivity contribution in [2.45, 2.75) is 45.3 Å². The molecular weight excluding hydrogens is 511 g/mol. The van der Waals surface area contributed by atoms with Gasteiger partial charge in [-0.2, -0.15) is 0 Å². The van der Waals surface area contributed by atoms with E-state index in [2.05, 4.69) is 20.7 Å². The van der Waals surface area contributed by atoms with E-state index in [0.717, 1.165) is 0 Å². The van der Waals surface area contributed by atoms with Crippen LogP contribution in [0, 0.1) is 5.21 Å². The number of nitrogens with one attached hydrogen (secondary N) is 3. The first-order valence-corrected chi connectivity index (χ1v) is 10.8. The first kappa shape index (κ1) is 25.6. The average molecular weight is 537 g/mol. The molecule has 3 N–H and O–H groups in total. The number of rotatable bonds is 9. The van der Waals surface area contributed by atoms with Gasteiger partial charge in [0.15, 0.2) is 0 Å². The van der Waals surface area contributed by atoms with Gasteiger partial charge in [-0.15, -0.1) is 0 Å². The summed E-state index contributed by atoms with van der Waals surface area (Å²) < 4.78 is 21.0. The van der Waals surface area contributed by atoms with Gasteiger partial charge in [-0.1, -0.05) is 0 Å². The van der Waals surface area contributed by atoms with Crippen molar-refractivity contribution in [2.75, 3.05) is 28.1 Å². The minimum atomic E-state index is -1.94. The fourth-order valence-corrected chi connectivity index (χ4v) is 2.86. The summed E-state index contributed by atoms with van der Waals surface area (Å²) >= 11 is -1.94. The summed E-state index contributed by atoms with van der Waals surface area (Å²) in [6.45, 7) is 5.04. The molecule has 12 heteroatoms. The number of alkyl carbamates (subject to hydrolysis) is 1. The van der Waals surface area contributed by atoms with Crippen molar-refractivity contribution >= 4 is 56.5 Å². The monoisotopic (exact) mass is 537 g/mol. The van der Waals surface area contributed by atoms with Gasteiger partial charge in [-0.25, -0.2) is 12.7 Å². The predicted octanol–water partition coefficient (Wildman–Crippen LogP) is 3.05. The molecule has 0 bridgehead atoms. The fourth-order valence-electron chi connectivity index (χ4n) is 2.33. The zero-order chi connectivity index (χ0) is 22.9. The smallest absolute Gasteiger partial charge is 0.408 e. The topological polar surface area (TPSA) is 149 Å². The summed E-state index contributed by atoms with van der Waals surface area (Å²) in [5, 5.41) is 19.5. The molecule has 0 radical (unpaired) electrons. The minimum absolute atomic E-state index is 0.0357. The highest BCUT2D eigenvalue weighted by Gasteiger charge is 2.25. The number of nitrogens with zero attached hydrogens (tertiary/aromatic N) is 1. The van der Waals surface area contributed by atoms with Crippen LogP contribution in [0.4, 0.5) is 21.9 Å². The molecule has 0 aromatic heterocycles. The summed E-state index contributed by atoms with van der Waals surface area (Å²) in [6.07, 6.45) is -0.968. The molecule has 1 atom stereocenters. The Morgan fingerprint density at radius 3 is 2.43 bits per heavy atom. The fraction of sp³-hybridized carbons (Fsp3) is 0.500. The van der Waals surface area contributed by atoms with E-state index >= 15 is 0 Å². The summed E-state index contributed by atoms with van der Waals surface area (Å²) in [7, 11) is 2.81. The number of methoxy groups -OCH3 is 1. The van der Waals surface area contributed by atoms with Crippen molar-refractivity contribution < 1.29 is 26.9 Å². The lowest BCUT2D eigenvalue weighted by Crippen LogP contribution is -2.44. The van der Waals surface area contributed by atoms with E-state index in [1.165, 1.54) is 19.2 Å². The zero-order valence-electron chi connectivity index (χ0n) is 17.4. The maximum atomic E-state index is 12.4. The molecule has 30 heavy (non-hydrogen) atoms. The first-order valence-electron chi connectivity index (χ1n) is 8.94. The first-order chi connectivity index (χ1) is 14.0. The van der Waals surface area contributed by atoms with Gasteiger partial charge in [0.1, 0.15) is 11.6 Å². The van der Waals surface area contributed by atoms with Crippen molar-refractivity contribution in [3.63, 3.8) is 0 Å². The number of hydrogen-bond acceptors (Lipinski definition) is 8. The maximum Gasteiger partial charge on any atom is 0.408 e. The normalized spacial score (nSPS) is 11.8. The third-order valence-electron chi connectivity index (χ3n) is 3.65. The van der Waals surface area contributed by atoms with Crippen LogP contribution in [0.25, 0.3) is 0 Å². The molecule has 0 aliphatic heterocycles. The van der Waals surface area contributed by atoms with E-state index in [0.29, 0.717) is 14.7 Å². The van der Waals surface area contributed by atoms with Gasteiger partial charge in [0.05, 0.1) is 18.5 Å². The number of hydrogen-bond donors (Lipinski definition) is 3. The molecule has 0 saturated carbocycles. The standard InChI is InChI=1S/C18H26IN4O7/c1-18(2,3)30-17(26)22-13(16(25)29-5)8-9-15(24)21-14-10-11(23(28)19-27)6-7-12(14)20-4/h6-7,10,13,20H,8-9H2,1-5H3,(H,21,24)(H,22,26)/q-1/t13-/m0/s1. The van der Waals surface area contributed by atoms with E-state index in [1.54, 1.807) is 33.9 Å². The lowest BCUT2D eigenvalue weighted by Gasteiger charge is -2.23. The molecule has 0 aliphatic rings. The number of benzene rings is 1. The second-order valence-electron chi connectivity index (χ2n) is 7.10. The zero-order valence-corrected chi connectivity index (χ0v) is 19.6. The molecule has 0 spiro atoms. The molecule has 0 unspecified atom stereocenters. The number of halogens is 1. The minimum Gasteiger partial charge on any atom is -0.748 e. The van der Waals surface area contributed by atoms with Crippen molar-refractivity contribution in [1.82, 2.24) is 5.32 Å². The van der Waals surface area contributed by atoms with Gasteiger partial charge < -0.3 is 33.9 Å². The predicted molar refractivity (Wildman–Crippen MR) is 120 cm³/mol. The Morgan fingerprint density at radius 1 is 1.23 bits per heavy atom. The van der Waals surface area contributed by atoms with Crippen LogP contribution in [-0.4, -0.2) is 43.8 Å². The summed E-state index contributed by atoms with van der Waals surface area (Å²) in [5.74, 6) is -1.18. The summed E-state index contributed by atoms with van der Waals surface area (Å²) in [4.78, 5) is 36.2. The van der Waals surface area contributed by atoms with Crippen LogP contribution in [0.1, 0.15) is 33.6 Å². The van der Waals surface area contributed by atoms with Crippen molar-refractivity contribution in [2.24, 2.45) is 0 Å². The lowest BCUT2D eigenvalue weighted by molar-refractivity contribution is -0.143. The summed E-state index contributed by atoms with van der Waals surface area (Å²) in [6, 6.07) is 3.36. The second kappa shape index (κ2) is 11.6. The van der Waals surface area contributed by atoms with Crippen molar-refractivity contribution in [3.05, 3.63) is 23.4 Å². The Labute approximate surface area is 185 Å². The Bertz CT molecular complexity index is 782. The Kier molecular flexibility index (Phi) is 9.92. The van der Waals surface area contributed by atoms with Gasteiger partial charge in [0, 0.05) is 19.2 Å². The molecule has 0 saturated heterocycles. The summed E-state index contributed by atoms with van der Waals surface area (Å²) in [5.41, 5.74) is 0.249. The van der Waals surface area contributed by atoms with Gasteiger partial charge >= 0.3 is 12.1 Å². The number of carbonyl (C=O) groups excluding carboxylic acids is 3. The lowest BCUT2D eigenvalue weighted by atomic mass is 10.1. The largest absolute Gasteiger partial charge is 0.748 e. The molecule has 168 valence electrons. The van der Waals surface area contributed by atoms with Crippen LogP contribution < -0.4 is 19.2 Å². The number of amides is 2. The quantitative estimate of drug-likeness (QED) is 0.187. The SMILES string of the molecule is CNc1ccc(N([O-])I=O)cc1NC(=O)CC[C@H](NC(=O)OC(C)(C)C)C(=O)OC.